The molecule has 1 fully saturated rings. The smallest absolute Gasteiger partial charge is 0.187 e. The van der Waals surface area contributed by atoms with Crippen LogP contribution in [0.3, 0.4) is 0 Å². The maximum absolute atomic E-state index is 9.98. The lowest BCUT2D eigenvalue weighted by Gasteiger charge is -2.15. The van der Waals surface area contributed by atoms with E-state index in [1.165, 1.54) is 37.3 Å². The number of ether oxygens (including phenoxy) is 1. The molecule has 27 heavy (non-hydrogen) atoms. The Morgan fingerprint density at radius 3 is 2.63 bits per heavy atom. The molecule has 140 valence electrons. The van der Waals surface area contributed by atoms with Crippen LogP contribution < -0.4 is 10.1 Å². The predicted molar refractivity (Wildman–Crippen MR) is 110 cm³/mol. The van der Waals surface area contributed by atoms with E-state index in [4.69, 9.17) is 4.74 Å². The average Bonchev–Trinajstić information content (AvgIpc) is 3.36. The molecule has 5 nitrogen and oxygen atoms in total. The summed E-state index contributed by atoms with van der Waals surface area (Å²) >= 11 is 1.51. The van der Waals surface area contributed by atoms with Gasteiger partial charge in [-0.1, -0.05) is 23.5 Å². The Hall–Kier alpha value is -2.57. The Morgan fingerprint density at radius 1 is 1.07 bits per heavy atom. The zero-order valence-electron chi connectivity index (χ0n) is 15.1. The molecule has 0 aliphatic carbocycles. The van der Waals surface area contributed by atoms with Gasteiger partial charge in [-0.05, 0) is 62.3 Å². The molecule has 0 unspecified atom stereocenters. The molecule has 1 aliphatic heterocycles. The first-order valence-corrected chi connectivity index (χ1v) is 10.1. The Bertz CT molecular complexity index is 873. The quantitative estimate of drug-likeness (QED) is 0.619. The molecular formula is C21H23N3O2S. The van der Waals surface area contributed by atoms with E-state index >= 15 is 0 Å². The first kappa shape index (κ1) is 17.8. The van der Waals surface area contributed by atoms with Gasteiger partial charge in [0.2, 0.25) is 0 Å². The second kappa shape index (κ2) is 8.41. The largest absolute Gasteiger partial charge is 0.507 e. The molecule has 1 aliphatic rings. The lowest BCUT2D eigenvalue weighted by molar-refractivity contribution is 0.238. The number of hydrogen-bond acceptors (Lipinski definition) is 6. The summed E-state index contributed by atoms with van der Waals surface area (Å²) < 4.78 is 5.84. The summed E-state index contributed by atoms with van der Waals surface area (Å²) in [7, 11) is 0. The number of anilines is 2. The molecule has 0 bridgehead atoms. The molecule has 2 aromatic carbocycles. The first-order valence-electron chi connectivity index (χ1n) is 9.24. The third-order valence-electron chi connectivity index (χ3n) is 4.66. The molecule has 0 spiro atoms. The number of para-hydroxylation sites is 1. The fourth-order valence-corrected chi connectivity index (χ4v) is 4.07. The zero-order chi connectivity index (χ0) is 18.5. The second-order valence-electron chi connectivity index (χ2n) is 6.59. The highest BCUT2D eigenvalue weighted by atomic mass is 32.1. The van der Waals surface area contributed by atoms with E-state index < -0.39 is 0 Å². The van der Waals surface area contributed by atoms with Crippen LogP contribution in [-0.4, -0.2) is 41.2 Å². The number of hydrogen-bond donors (Lipinski definition) is 2. The van der Waals surface area contributed by atoms with Gasteiger partial charge in [0.25, 0.3) is 0 Å². The molecule has 0 amide bonds. The number of phenolic OH excluding ortho intramolecular Hbond substituents is 1. The number of nitrogens with one attached hydrogen (secondary N) is 1. The van der Waals surface area contributed by atoms with Crippen molar-refractivity contribution in [1.29, 1.82) is 0 Å². The fraction of sp³-hybridized carbons (Fsp3) is 0.286. The number of thiazole rings is 1. The van der Waals surface area contributed by atoms with E-state index in [2.05, 4.69) is 15.2 Å². The summed E-state index contributed by atoms with van der Waals surface area (Å²) in [5.74, 6) is 1.15. The van der Waals surface area contributed by atoms with Crippen LogP contribution in [0.25, 0.3) is 10.4 Å². The molecule has 1 aromatic heterocycles. The van der Waals surface area contributed by atoms with Crippen LogP contribution in [0.4, 0.5) is 10.8 Å². The normalized spacial score (nSPS) is 14.4. The van der Waals surface area contributed by atoms with Gasteiger partial charge in [-0.3, -0.25) is 4.90 Å². The molecule has 3 aromatic rings. The summed E-state index contributed by atoms with van der Waals surface area (Å²) in [5.41, 5.74) is 1.75. The molecular weight excluding hydrogens is 358 g/mol. The van der Waals surface area contributed by atoms with E-state index in [1.807, 2.05) is 42.5 Å². The lowest BCUT2D eigenvalue weighted by Crippen LogP contribution is -2.25. The third kappa shape index (κ3) is 4.59. The minimum Gasteiger partial charge on any atom is -0.507 e. The van der Waals surface area contributed by atoms with Crippen molar-refractivity contribution in [3.05, 3.63) is 54.7 Å². The summed E-state index contributed by atoms with van der Waals surface area (Å²) in [6.07, 6.45) is 4.39. The summed E-state index contributed by atoms with van der Waals surface area (Å²) in [4.78, 5) is 7.78. The van der Waals surface area contributed by atoms with Crippen molar-refractivity contribution < 1.29 is 9.84 Å². The highest BCUT2D eigenvalue weighted by Gasteiger charge is 2.11. The highest BCUT2D eigenvalue weighted by Crippen LogP contribution is 2.35. The molecule has 0 saturated carbocycles. The first-order chi connectivity index (χ1) is 13.3. The molecule has 2 N–H and O–H groups in total. The third-order valence-corrected chi connectivity index (χ3v) is 5.60. The van der Waals surface area contributed by atoms with Crippen LogP contribution in [0.2, 0.25) is 0 Å². The minimum absolute atomic E-state index is 0.267. The fourth-order valence-electron chi connectivity index (χ4n) is 3.20. The van der Waals surface area contributed by atoms with Crippen LogP contribution in [0.1, 0.15) is 12.8 Å². The van der Waals surface area contributed by atoms with E-state index in [0.717, 1.165) is 40.2 Å². The van der Waals surface area contributed by atoms with Crippen molar-refractivity contribution in [2.45, 2.75) is 12.8 Å². The van der Waals surface area contributed by atoms with Gasteiger partial charge in [-0.25, -0.2) is 4.98 Å². The van der Waals surface area contributed by atoms with E-state index in [0.29, 0.717) is 0 Å². The van der Waals surface area contributed by atoms with Crippen LogP contribution in [0.15, 0.2) is 54.7 Å². The van der Waals surface area contributed by atoms with Gasteiger partial charge < -0.3 is 15.2 Å². The van der Waals surface area contributed by atoms with Crippen molar-refractivity contribution in [2.75, 3.05) is 31.6 Å². The van der Waals surface area contributed by atoms with Gasteiger partial charge in [0, 0.05) is 24.0 Å². The Kier molecular flexibility index (Phi) is 5.55. The highest BCUT2D eigenvalue weighted by molar-refractivity contribution is 7.19. The molecule has 2 heterocycles. The van der Waals surface area contributed by atoms with Gasteiger partial charge in [-0.15, -0.1) is 0 Å². The number of aromatic nitrogens is 1. The minimum atomic E-state index is 0.267. The van der Waals surface area contributed by atoms with Crippen LogP contribution in [-0.2, 0) is 0 Å². The lowest BCUT2D eigenvalue weighted by atomic mass is 10.2. The molecule has 1 saturated heterocycles. The van der Waals surface area contributed by atoms with Crippen molar-refractivity contribution in [3.8, 4) is 21.9 Å². The Morgan fingerprint density at radius 2 is 1.85 bits per heavy atom. The number of likely N-dealkylation sites (tertiary alicyclic amines) is 1. The Labute approximate surface area is 163 Å². The molecule has 0 radical (unpaired) electrons. The van der Waals surface area contributed by atoms with Gasteiger partial charge in [0.1, 0.15) is 18.1 Å². The number of rotatable bonds is 7. The van der Waals surface area contributed by atoms with Crippen molar-refractivity contribution in [1.82, 2.24) is 9.88 Å². The van der Waals surface area contributed by atoms with E-state index in [9.17, 15) is 5.11 Å². The van der Waals surface area contributed by atoms with Crippen LogP contribution in [0, 0.1) is 0 Å². The average molecular weight is 382 g/mol. The number of benzene rings is 2. The predicted octanol–water partition coefficient (Wildman–Crippen LogP) is 4.73. The maximum atomic E-state index is 9.98. The summed E-state index contributed by atoms with van der Waals surface area (Å²) in [6, 6.07) is 15.2. The van der Waals surface area contributed by atoms with Crippen molar-refractivity contribution in [3.63, 3.8) is 0 Å². The van der Waals surface area contributed by atoms with Gasteiger partial charge >= 0.3 is 0 Å². The number of nitrogens with zero attached hydrogens (tertiary/aromatic N) is 2. The molecule has 0 atom stereocenters. The second-order valence-corrected chi connectivity index (χ2v) is 7.62. The molecule has 4 rings (SSSR count). The number of phenols is 1. The summed E-state index contributed by atoms with van der Waals surface area (Å²) in [5, 5.41) is 14.1. The van der Waals surface area contributed by atoms with Crippen molar-refractivity contribution >= 4 is 22.2 Å². The molecule has 6 heteroatoms. The maximum Gasteiger partial charge on any atom is 0.187 e. The van der Waals surface area contributed by atoms with Gasteiger partial charge in [0.15, 0.2) is 5.13 Å². The Balaban J connectivity index is 1.32. The van der Waals surface area contributed by atoms with E-state index in [1.54, 1.807) is 12.3 Å². The van der Waals surface area contributed by atoms with Crippen LogP contribution >= 0.6 is 11.3 Å². The van der Waals surface area contributed by atoms with Gasteiger partial charge in [0.05, 0.1) is 4.88 Å². The van der Waals surface area contributed by atoms with Crippen molar-refractivity contribution in [2.24, 2.45) is 0 Å². The zero-order valence-corrected chi connectivity index (χ0v) is 15.9. The SMILES string of the molecule is Oc1ccccc1-c1cnc(Nc2ccc(OCCN3CCCC3)cc2)s1. The van der Waals surface area contributed by atoms with E-state index in [-0.39, 0.29) is 5.75 Å². The number of aromatic hydroxyl groups is 1. The monoisotopic (exact) mass is 381 g/mol. The standard InChI is InChI=1S/C21H23N3O2S/c25-19-6-2-1-5-18(19)20-15-22-21(27-20)23-16-7-9-17(10-8-16)26-14-13-24-11-3-4-12-24/h1-2,5-10,15,25H,3-4,11-14H2,(H,22,23). The van der Waals surface area contributed by atoms with Crippen LogP contribution in [0.5, 0.6) is 11.5 Å². The summed E-state index contributed by atoms with van der Waals surface area (Å²) in [6.45, 7) is 4.11. The van der Waals surface area contributed by atoms with Gasteiger partial charge in [-0.2, -0.15) is 0 Å². The topological polar surface area (TPSA) is 57.6 Å².